The lowest BCUT2D eigenvalue weighted by molar-refractivity contribution is -0.133. The van der Waals surface area contributed by atoms with Crippen LogP contribution in [0, 0.1) is 6.92 Å². The van der Waals surface area contributed by atoms with Gasteiger partial charge in [-0.2, -0.15) is 4.31 Å². The van der Waals surface area contributed by atoms with Gasteiger partial charge in [0.1, 0.15) is 6.04 Å². The fraction of sp³-hybridized carbons (Fsp3) is 0.562. The fourth-order valence-corrected chi connectivity index (χ4v) is 4.92. The summed E-state index contributed by atoms with van der Waals surface area (Å²) in [4.78, 5) is 14.7. The minimum atomic E-state index is -3.59. The molecule has 5 nitrogen and oxygen atoms in total. The van der Waals surface area contributed by atoms with Gasteiger partial charge in [0.2, 0.25) is 15.9 Å². The van der Waals surface area contributed by atoms with Crippen LogP contribution in [-0.4, -0.2) is 49.2 Å². The Kier molecular flexibility index (Phi) is 4.23. The van der Waals surface area contributed by atoms with Crippen molar-refractivity contribution in [2.75, 3.05) is 19.6 Å². The molecule has 2 heterocycles. The first-order valence-corrected chi connectivity index (χ1v) is 9.31. The minimum absolute atomic E-state index is 0.0225. The van der Waals surface area contributed by atoms with Crippen LogP contribution in [0.5, 0.6) is 0 Å². The molecule has 0 unspecified atom stereocenters. The molecule has 2 aliphatic heterocycles. The second kappa shape index (κ2) is 6.01. The smallest absolute Gasteiger partial charge is 0.243 e. The number of sulfonamides is 1. The highest BCUT2D eigenvalue weighted by molar-refractivity contribution is 7.89. The Balaban J connectivity index is 1.85. The van der Waals surface area contributed by atoms with Gasteiger partial charge in [-0.3, -0.25) is 4.79 Å². The number of hydrogen-bond acceptors (Lipinski definition) is 3. The van der Waals surface area contributed by atoms with Crippen molar-refractivity contribution in [3.05, 3.63) is 29.8 Å². The third-order valence-corrected chi connectivity index (χ3v) is 6.46. The number of likely N-dealkylation sites (tertiary alicyclic amines) is 1. The van der Waals surface area contributed by atoms with Gasteiger partial charge in [0.15, 0.2) is 0 Å². The molecule has 0 bridgehead atoms. The number of aryl methyl sites for hydroxylation is 1. The summed E-state index contributed by atoms with van der Waals surface area (Å²) < 4.78 is 27.1. The molecule has 0 spiro atoms. The van der Waals surface area contributed by atoms with E-state index >= 15 is 0 Å². The van der Waals surface area contributed by atoms with Gasteiger partial charge in [-0.15, -0.1) is 0 Å². The Morgan fingerprint density at radius 3 is 2.32 bits per heavy atom. The lowest BCUT2D eigenvalue weighted by atomic mass is 10.2. The molecular formula is C16H22N2O3S. The van der Waals surface area contributed by atoms with Gasteiger partial charge in [0.05, 0.1) is 4.90 Å². The van der Waals surface area contributed by atoms with Crippen molar-refractivity contribution < 1.29 is 13.2 Å². The summed E-state index contributed by atoms with van der Waals surface area (Å²) >= 11 is 0. The number of rotatable bonds is 3. The number of amides is 1. The summed E-state index contributed by atoms with van der Waals surface area (Å²) in [6, 6.07) is 6.31. The molecule has 0 radical (unpaired) electrons. The maximum Gasteiger partial charge on any atom is 0.243 e. The summed E-state index contributed by atoms with van der Waals surface area (Å²) in [6.07, 6.45) is 3.40. The van der Waals surface area contributed by atoms with Crippen molar-refractivity contribution in [3.8, 4) is 0 Å². The van der Waals surface area contributed by atoms with Crippen molar-refractivity contribution in [3.63, 3.8) is 0 Å². The minimum Gasteiger partial charge on any atom is -0.341 e. The van der Waals surface area contributed by atoms with E-state index in [0.29, 0.717) is 13.0 Å². The van der Waals surface area contributed by atoms with Crippen LogP contribution >= 0.6 is 0 Å². The third-order valence-electron chi connectivity index (χ3n) is 4.53. The molecule has 1 amide bonds. The molecule has 2 saturated heterocycles. The SMILES string of the molecule is Cc1ccc(S(=O)(=O)N2CCC[C@@H]2C(=O)N2CCCC2)cc1. The summed E-state index contributed by atoms with van der Waals surface area (Å²) in [7, 11) is -3.59. The Labute approximate surface area is 132 Å². The van der Waals surface area contributed by atoms with Crippen LogP contribution in [0.25, 0.3) is 0 Å². The highest BCUT2D eigenvalue weighted by Gasteiger charge is 2.41. The maximum atomic E-state index is 12.8. The molecule has 0 aromatic heterocycles. The number of benzene rings is 1. The third kappa shape index (κ3) is 2.77. The van der Waals surface area contributed by atoms with Crippen LogP contribution in [0.4, 0.5) is 0 Å². The van der Waals surface area contributed by atoms with Crippen LogP contribution < -0.4 is 0 Å². The van der Waals surface area contributed by atoms with Crippen molar-refractivity contribution in [2.24, 2.45) is 0 Å². The molecule has 1 aromatic rings. The van der Waals surface area contributed by atoms with Crippen molar-refractivity contribution >= 4 is 15.9 Å². The quantitative estimate of drug-likeness (QED) is 0.852. The first-order valence-electron chi connectivity index (χ1n) is 7.87. The second-order valence-electron chi connectivity index (χ2n) is 6.12. The Morgan fingerprint density at radius 2 is 1.68 bits per heavy atom. The largest absolute Gasteiger partial charge is 0.341 e. The predicted molar refractivity (Wildman–Crippen MR) is 83.9 cm³/mol. The van der Waals surface area contributed by atoms with Gasteiger partial charge >= 0.3 is 0 Å². The maximum absolute atomic E-state index is 12.8. The number of carbonyl (C=O) groups is 1. The highest BCUT2D eigenvalue weighted by Crippen LogP contribution is 2.28. The summed E-state index contributed by atoms with van der Waals surface area (Å²) in [6.45, 7) is 3.87. The molecule has 2 aliphatic rings. The molecule has 120 valence electrons. The summed E-state index contributed by atoms with van der Waals surface area (Å²) in [5, 5.41) is 0. The zero-order valence-corrected chi connectivity index (χ0v) is 13.7. The van der Waals surface area contributed by atoms with Crippen LogP contribution in [0.1, 0.15) is 31.2 Å². The number of nitrogens with zero attached hydrogens (tertiary/aromatic N) is 2. The van der Waals surface area contributed by atoms with Gasteiger partial charge < -0.3 is 4.90 Å². The van der Waals surface area contributed by atoms with Crippen molar-refractivity contribution in [2.45, 2.75) is 43.5 Å². The summed E-state index contributed by atoms with van der Waals surface area (Å²) in [5.41, 5.74) is 1.02. The lowest BCUT2D eigenvalue weighted by Gasteiger charge is -2.27. The van der Waals surface area contributed by atoms with Gasteiger partial charge in [0.25, 0.3) is 0 Å². The van der Waals surface area contributed by atoms with E-state index in [9.17, 15) is 13.2 Å². The lowest BCUT2D eigenvalue weighted by Crippen LogP contribution is -2.46. The topological polar surface area (TPSA) is 57.7 Å². The molecule has 0 N–H and O–H groups in total. The van der Waals surface area contributed by atoms with E-state index in [2.05, 4.69) is 0 Å². The van der Waals surface area contributed by atoms with Gasteiger partial charge in [0, 0.05) is 19.6 Å². The van der Waals surface area contributed by atoms with E-state index in [0.717, 1.165) is 37.9 Å². The van der Waals surface area contributed by atoms with Crippen LogP contribution in [-0.2, 0) is 14.8 Å². The van der Waals surface area contributed by atoms with Gasteiger partial charge in [-0.25, -0.2) is 8.42 Å². The van der Waals surface area contributed by atoms with E-state index in [-0.39, 0.29) is 10.8 Å². The Morgan fingerprint density at radius 1 is 1.05 bits per heavy atom. The van der Waals surface area contributed by atoms with Crippen LogP contribution in [0.2, 0.25) is 0 Å². The van der Waals surface area contributed by atoms with E-state index in [1.54, 1.807) is 24.3 Å². The first kappa shape index (κ1) is 15.5. The van der Waals surface area contributed by atoms with Crippen LogP contribution in [0.3, 0.4) is 0 Å². The van der Waals surface area contributed by atoms with E-state index in [4.69, 9.17) is 0 Å². The van der Waals surface area contributed by atoms with E-state index in [1.807, 2.05) is 11.8 Å². The van der Waals surface area contributed by atoms with Crippen molar-refractivity contribution in [1.29, 1.82) is 0 Å². The molecule has 2 fully saturated rings. The molecule has 22 heavy (non-hydrogen) atoms. The van der Waals surface area contributed by atoms with Crippen LogP contribution in [0.15, 0.2) is 29.2 Å². The predicted octanol–water partition coefficient (Wildman–Crippen LogP) is 1.77. The summed E-state index contributed by atoms with van der Waals surface area (Å²) in [5.74, 6) is -0.0225. The molecule has 1 aromatic carbocycles. The number of hydrogen-bond donors (Lipinski definition) is 0. The molecule has 3 rings (SSSR count). The molecule has 0 aliphatic carbocycles. The normalized spacial score (nSPS) is 23.1. The van der Waals surface area contributed by atoms with E-state index in [1.165, 1.54) is 4.31 Å². The standard InChI is InChI=1S/C16H22N2O3S/c1-13-6-8-14(9-7-13)22(20,21)18-12-4-5-15(18)16(19)17-10-2-3-11-17/h6-9,15H,2-5,10-12H2,1H3/t15-/m1/s1. The zero-order chi connectivity index (χ0) is 15.7. The Hall–Kier alpha value is -1.40. The zero-order valence-electron chi connectivity index (χ0n) is 12.9. The van der Waals surface area contributed by atoms with Crippen molar-refractivity contribution in [1.82, 2.24) is 9.21 Å². The first-order chi connectivity index (χ1) is 10.5. The van der Waals surface area contributed by atoms with E-state index < -0.39 is 16.1 Å². The highest BCUT2D eigenvalue weighted by atomic mass is 32.2. The average molecular weight is 322 g/mol. The number of carbonyl (C=O) groups excluding carboxylic acids is 1. The molecule has 0 saturated carbocycles. The molecule has 1 atom stereocenters. The average Bonchev–Trinajstić information content (AvgIpc) is 3.19. The Bertz CT molecular complexity index is 648. The monoisotopic (exact) mass is 322 g/mol. The second-order valence-corrected chi connectivity index (χ2v) is 8.01. The fourth-order valence-electron chi connectivity index (χ4n) is 3.27. The van der Waals surface area contributed by atoms with Gasteiger partial charge in [-0.05, 0) is 44.7 Å². The molecule has 6 heteroatoms. The molecular weight excluding hydrogens is 300 g/mol. The van der Waals surface area contributed by atoms with Gasteiger partial charge in [-0.1, -0.05) is 17.7 Å².